The summed E-state index contributed by atoms with van der Waals surface area (Å²) < 4.78 is 0. The summed E-state index contributed by atoms with van der Waals surface area (Å²) in [7, 11) is 0. The average molecular weight is 273 g/mol. The van der Waals surface area contributed by atoms with Gasteiger partial charge in [0.1, 0.15) is 0 Å². The van der Waals surface area contributed by atoms with Crippen LogP contribution in [0, 0.1) is 6.92 Å². The minimum Gasteiger partial charge on any atom is -0.366 e. The Morgan fingerprint density at radius 2 is 2.15 bits per heavy atom. The van der Waals surface area contributed by atoms with Crippen molar-refractivity contribution >= 4 is 5.69 Å². The molecule has 2 N–H and O–H groups in total. The number of piperazine rings is 1. The quantitative estimate of drug-likeness (QED) is 0.916. The molecular weight excluding hydrogens is 246 g/mol. The maximum atomic E-state index is 5.66. The SMILES string of the molecule is Cc1cc(CCN)ccc1N1CC2CCCN2CC1C. The van der Waals surface area contributed by atoms with Crippen LogP contribution in [-0.4, -0.2) is 43.2 Å². The summed E-state index contributed by atoms with van der Waals surface area (Å²) >= 11 is 0. The first-order chi connectivity index (χ1) is 9.69. The van der Waals surface area contributed by atoms with E-state index in [0.717, 1.165) is 19.0 Å². The molecule has 2 saturated heterocycles. The smallest absolute Gasteiger partial charge is 0.0399 e. The highest BCUT2D eigenvalue weighted by molar-refractivity contribution is 5.56. The van der Waals surface area contributed by atoms with E-state index in [0.29, 0.717) is 6.04 Å². The van der Waals surface area contributed by atoms with Gasteiger partial charge in [-0.15, -0.1) is 0 Å². The van der Waals surface area contributed by atoms with Gasteiger partial charge in [-0.3, -0.25) is 4.90 Å². The van der Waals surface area contributed by atoms with Crippen LogP contribution in [-0.2, 0) is 6.42 Å². The van der Waals surface area contributed by atoms with E-state index in [4.69, 9.17) is 5.73 Å². The highest BCUT2D eigenvalue weighted by Gasteiger charge is 2.34. The molecule has 2 aliphatic rings. The second-order valence-corrected chi connectivity index (χ2v) is 6.45. The van der Waals surface area contributed by atoms with E-state index in [9.17, 15) is 0 Å². The molecule has 0 spiro atoms. The number of anilines is 1. The lowest BCUT2D eigenvalue weighted by Gasteiger charge is -2.44. The number of benzene rings is 1. The molecule has 0 bridgehead atoms. The molecule has 1 aromatic carbocycles. The van der Waals surface area contributed by atoms with Crippen LogP contribution in [0.15, 0.2) is 18.2 Å². The summed E-state index contributed by atoms with van der Waals surface area (Å²) in [4.78, 5) is 5.30. The van der Waals surface area contributed by atoms with Crippen LogP contribution < -0.4 is 10.6 Å². The van der Waals surface area contributed by atoms with Gasteiger partial charge < -0.3 is 10.6 Å². The van der Waals surface area contributed by atoms with E-state index in [1.54, 1.807) is 0 Å². The van der Waals surface area contributed by atoms with E-state index in [-0.39, 0.29) is 0 Å². The van der Waals surface area contributed by atoms with Crippen molar-refractivity contribution in [3.8, 4) is 0 Å². The van der Waals surface area contributed by atoms with Crippen molar-refractivity contribution in [2.75, 3.05) is 31.1 Å². The zero-order valence-corrected chi connectivity index (χ0v) is 12.8. The zero-order chi connectivity index (χ0) is 14.1. The summed E-state index contributed by atoms with van der Waals surface area (Å²) in [6.45, 7) is 9.05. The summed E-state index contributed by atoms with van der Waals surface area (Å²) in [6, 6.07) is 8.26. The molecular formula is C17H27N3. The molecule has 2 atom stereocenters. The molecule has 110 valence electrons. The average Bonchev–Trinajstić information content (AvgIpc) is 2.86. The summed E-state index contributed by atoms with van der Waals surface area (Å²) in [5.74, 6) is 0. The Kier molecular flexibility index (Phi) is 3.99. The Hall–Kier alpha value is -1.06. The molecule has 0 aliphatic carbocycles. The van der Waals surface area contributed by atoms with Gasteiger partial charge in [-0.05, 0) is 63.4 Å². The molecule has 3 heteroatoms. The molecule has 2 aliphatic heterocycles. The van der Waals surface area contributed by atoms with Crippen molar-refractivity contribution in [2.24, 2.45) is 5.73 Å². The number of rotatable bonds is 3. The van der Waals surface area contributed by atoms with Crippen molar-refractivity contribution in [3.05, 3.63) is 29.3 Å². The standard InChI is InChI=1S/C17H27N3/c1-13-10-15(7-8-18)5-6-17(13)20-12-16-4-3-9-19(16)11-14(20)2/h5-6,10,14,16H,3-4,7-9,11-12,18H2,1-2H3. The Morgan fingerprint density at radius 3 is 2.90 bits per heavy atom. The Balaban J connectivity index is 1.81. The van der Waals surface area contributed by atoms with Crippen LogP contribution in [0.2, 0.25) is 0 Å². The van der Waals surface area contributed by atoms with Crippen molar-refractivity contribution in [1.82, 2.24) is 4.90 Å². The first-order valence-electron chi connectivity index (χ1n) is 7.99. The van der Waals surface area contributed by atoms with E-state index in [1.165, 1.54) is 49.3 Å². The van der Waals surface area contributed by atoms with Gasteiger partial charge in [0.05, 0.1) is 0 Å². The van der Waals surface area contributed by atoms with Gasteiger partial charge in [0.15, 0.2) is 0 Å². The number of hydrogen-bond acceptors (Lipinski definition) is 3. The number of fused-ring (bicyclic) bond motifs is 1. The van der Waals surface area contributed by atoms with Crippen molar-refractivity contribution < 1.29 is 0 Å². The second-order valence-electron chi connectivity index (χ2n) is 6.45. The molecule has 2 unspecified atom stereocenters. The van der Waals surface area contributed by atoms with Crippen LogP contribution in [0.1, 0.15) is 30.9 Å². The molecule has 0 amide bonds. The molecule has 0 saturated carbocycles. The maximum Gasteiger partial charge on any atom is 0.0399 e. The first-order valence-corrected chi connectivity index (χ1v) is 7.99. The number of nitrogens with zero attached hydrogens (tertiary/aromatic N) is 2. The van der Waals surface area contributed by atoms with Crippen LogP contribution in [0.5, 0.6) is 0 Å². The van der Waals surface area contributed by atoms with Gasteiger partial charge >= 0.3 is 0 Å². The van der Waals surface area contributed by atoms with Gasteiger partial charge in [0, 0.05) is 30.9 Å². The van der Waals surface area contributed by atoms with Crippen molar-refractivity contribution in [1.29, 1.82) is 0 Å². The highest BCUT2D eigenvalue weighted by Crippen LogP contribution is 2.30. The summed E-state index contributed by atoms with van der Waals surface area (Å²) in [5.41, 5.74) is 9.84. The fourth-order valence-electron chi connectivity index (χ4n) is 3.88. The molecule has 2 heterocycles. The molecule has 3 nitrogen and oxygen atoms in total. The molecule has 0 aromatic heterocycles. The number of nitrogens with two attached hydrogens (primary N) is 1. The topological polar surface area (TPSA) is 32.5 Å². The Morgan fingerprint density at radius 1 is 1.30 bits per heavy atom. The lowest BCUT2D eigenvalue weighted by Crippen LogP contribution is -2.55. The summed E-state index contributed by atoms with van der Waals surface area (Å²) in [5, 5.41) is 0. The second kappa shape index (κ2) is 5.74. The first kappa shape index (κ1) is 13.9. The van der Waals surface area contributed by atoms with Crippen LogP contribution in [0.4, 0.5) is 5.69 Å². The van der Waals surface area contributed by atoms with Crippen molar-refractivity contribution in [2.45, 2.75) is 45.2 Å². The Bertz CT molecular complexity index is 471. The van der Waals surface area contributed by atoms with Crippen LogP contribution in [0.25, 0.3) is 0 Å². The summed E-state index contributed by atoms with van der Waals surface area (Å²) in [6.07, 6.45) is 3.72. The fourth-order valence-corrected chi connectivity index (χ4v) is 3.88. The monoisotopic (exact) mass is 273 g/mol. The number of hydrogen-bond donors (Lipinski definition) is 1. The van der Waals surface area contributed by atoms with E-state index in [1.807, 2.05) is 0 Å². The normalized spacial score (nSPS) is 26.9. The predicted octanol–water partition coefficient (Wildman–Crippen LogP) is 2.17. The Labute approximate surface area is 122 Å². The van der Waals surface area contributed by atoms with Crippen LogP contribution >= 0.6 is 0 Å². The predicted molar refractivity (Wildman–Crippen MR) is 85.3 cm³/mol. The maximum absolute atomic E-state index is 5.66. The van der Waals surface area contributed by atoms with Gasteiger partial charge in [0.2, 0.25) is 0 Å². The third kappa shape index (κ3) is 2.57. The zero-order valence-electron chi connectivity index (χ0n) is 12.8. The van der Waals surface area contributed by atoms with E-state index >= 15 is 0 Å². The lowest BCUT2D eigenvalue weighted by molar-refractivity contribution is 0.203. The molecule has 2 fully saturated rings. The van der Waals surface area contributed by atoms with Crippen molar-refractivity contribution in [3.63, 3.8) is 0 Å². The van der Waals surface area contributed by atoms with Gasteiger partial charge in [-0.2, -0.15) is 0 Å². The molecule has 0 radical (unpaired) electrons. The largest absolute Gasteiger partial charge is 0.366 e. The third-order valence-electron chi connectivity index (χ3n) is 4.94. The van der Waals surface area contributed by atoms with Gasteiger partial charge in [0.25, 0.3) is 0 Å². The van der Waals surface area contributed by atoms with Crippen LogP contribution in [0.3, 0.4) is 0 Å². The lowest BCUT2D eigenvalue weighted by atomic mass is 10.0. The minimum atomic E-state index is 0.614. The highest BCUT2D eigenvalue weighted by atomic mass is 15.3. The van der Waals surface area contributed by atoms with Gasteiger partial charge in [-0.1, -0.05) is 12.1 Å². The van der Waals surface area contributed by atoms with E-state index < -0.39 is 0 Å². The number of aryl methyl sites for hydroxylation is 1. The minimum absolute atomic E-state index is 0.614. The fraction of sp³-hybridized carbons (Fsp3) is 0.647. The molecule has 1 aromatic rings. The van der Waals surface area contributed by atoms with Gasteiger partial charge in [-0.25, -0.2) is 0 Å². The third-order valence-corrected chi connectivity index (χ3v) is 4.94. The molecule has 20 heavy (non-hydrogen) atoms. The van der Waals surface area contributed by atoms with E-state index in [2.05, 4.69) is 41.8 Å². The molecule has 3 rings (SSSR count).